The molecule has 6 heteroatoms. The van der Waals surface area contributed by atoms with E-state index in [9.17, 15) is 9.59 Å². The van der Waals surface area contributed by atoms with Crippen LogP contribution in [0.15, 0.2) is 84.9 Å². The Kier molecular flexibility index (Phi) is 4.34. The number of fused-ring (bicyclic) bond motifs is 1. The molecule has 5 nitrogen and oxygen atoms in total. The third kappa shape index (κ3) is 2.90. The number of hydrogen-bond donors (Lipinski definition) is 0. The normalized spacial score (nSPS) is 23.6. The third-order valence-corrected chi connectivity index (χ3v) is 5.57. The van der Waals surface area contributed by atoms with Gasteiger partial charge in [0, 0.05) is 5.02 Å². The lowest BCUT2D eigenvalue weighted by atomic mass is 9.90. The van der Waals surface area contributed by atoms with Crippen LogP contribution < -0.4 is 9.96 Å². The minimum absolute atomic E-state index is 0.283. The number of hydroxylamine groups is 1. The van der Waals surface area contributed by atoms with E-state index in [1.165, 1.54) is 4.90 Å². The number of amides is 2. The van der Waals surface area contributed by atoms with Crippen molar-refractivity contribution >= 4 is 34.8 Å². The summed E-state index contributed by atoms with van der Waals surface area (Å²) < 4.78 is 0. The van der Waals surface area contributed by atoms with Crippen LogP contribution in [0.1, 0.15) is 11.6 Å². The van der Waals surface area contributed by atoms with Crippen molar-refractivity contribution < 1.29 is 14.4 Å². The number of hydrogen-bond acceptors (Lipinski definition) is 4. The maximum atomic E-state index is 13.4. The van der Waals surface area contributed by atoms with Gasteiger partial charge in [-0.25, -0.2) is 9.96 Å². The number of para-hydroxylation sites is 1. The number of carbonyl (C=O) groups is 2. The minimum Gasteiger partial charge on any atom is -0.273 e. The van der Waals surface area contributed by atoms with E-state index in [1.807, 2.05) is 60.7 Å². The number of rotatable bonds is 3. The van der Waals surface area contributed by atoms with Crippen molar-refractivity contribution in [2.75, 3.05) is 9.96 Å². The van der Waals surface area contributed by atoms with Crippen LogP contribution in [0.4, 0.5) is 11.4 Å². The molecule has 2 saturated heterocycles. The van der Waals surface area contributed by atoms with E-state index in [2.05, 4.69) is 0 Å². The molecule has 3 atom stereocenters. The van der Waals surface area contributed by atoms with E-state index in [-0.39, 0.29) is 11.8 Å². The Morgan fingerprint density at radius 3 is 2.10 bits per heavy atom. The summed E-state index contributed by atoms with van der Waals surface area (Å²) in [6, 6.07) is 25.5. The van der Waals surface area contributed by atoms with Gasteiger partial charge >= 0.3 is 0 Å². The van der Waals surface area contributed by atoms with E-state index < -0.39 is 18.1 Å². The van der Waals surface area contributed by atoms with Crippen LogP contribution in [-0.2, 0) is 14.4 Å². The molecular weight excluding hydrogens is 388 g/mol. The monoisotopic (exact) mass is 404 g/mol. The second-order valence-electron chi connectivity index (χ2n) is 7.06. The number of halogens is 1. The summed E-state index contributed by atoms with van der Waals surface area (Å²) in [5, 5.41) is 2.15. The third-order valence-electron chi connectivity index (χ3n) is 5.33. The first-order chi connectivity index (χ1) is 14.1. The molecule has 0 saturated carbocycles. The molecule has 29 heavy (non-hydrogen) atoms. The Balaban J connectivity index is 1.59. The second-order valence-corrected chi connectivity index (χ2v) is 7.50. The van der Waals surface area contributed by atoms with Crippen molar-refractivity contribution in [3.63, 3.8) is 0 Å². The van der Waals surface area contributed by atoms with Gasteiger partial charge in [-0.15, -0.1) is 0 Å². The molecule has 0 aliphatic carbocycles. The quantitative estimate of drug-likeness (QED) is 0.607. The van der Waals surface area contributed by atoms with Gasteiger partial charge in [-0.3, -0.25) is 14.4 Å². The Hall–Kier alpha value is -3.15. The fraction of sp³-hybridized carbons (Fsp3) is 0.130. The smallest absolute Gasteiger partial charge is 0.266 e. The first kappa shape index (κ1) is 17.9. The van der Waals surface area contributed by atoms with Crippen molar-refractivity contribution in [2.45, 2.75) is 12.1 Å². The molecule has 144 valence electrons. The van der Waals surface area contributed by atoms with Gasteiger partial charge < -0.3 is 0 Å². The van der Waals surface area contributed by atoms with Gasteiger partial charge in [0.2, 0.25) is 5.91 Å². The Morgan fingerprint density at radius 1 is 0.759 bits per heavy atom. The predicted molar refractivity (Wildman–Crippen MR) is 110 cm³/mol. The fourth-order valence-corrected chi connectivity index (χ4v) is 4.26. The summed E-state index contributed by atoms with van der Waals surface area (Å²) in [6.45, 7) is 0. The highest BCUT2D eigenvalue weighted by Crippen LogP contribution is 2.47. The molecule has 0 N–H and O–H groups in total. The van der Waals surface area contributed by atoms with Crippen molar-refractivity contribution in [1.29, 1.82) is 0 Å². The zero-order chi connectivity index (χ0) is 20.0. The maximum absolute atomic E-state index is 13.4. The summed E-state index contributed by atoms with van der Waals surface area (Å²) in [4.78, 5) is 33.9. The topological polar surface area (TPSA) is 49.9 Å². The molecule has 2 amide bonds. The SMILES string of the molecule is O=C1C2ON(c3ccccc3)C(c3ccccc3)C2C(=O)N1c1cccc(Cl)c1. The Labute approximate surface area is 173 Å². The summed E-state index contributed by atoms with van der Waals surface area (Å²) in [6.07, 6.45) is -0.883. The van der Waals surface area contributed by atoms with Gasteiger partial charge in [-0.1, -0.05) is 66.2 Å². The molecule has 2 aliphatic heterocycles. The van der Waals surface area contributed by atoms with Gasteiger partial charge in [-0.05, 0) is 35.9 Å². The molecule has 0 aromatic heterocycles. The molecule has 3 aromatic rings. The standard InChI is InChI=1S/C23H17ClN2O3/c24-16-10-7-13-18(14-16)25-22(27)19-20(15-8-3-1-4-9-15)26(29-21(19)23(25)28)17-11-5-2-6-12-17/h1-14,19-21H. The largest absolute Gasteiger partial charge is 0.273 e. The fourth-order valence-electron chi connectivity index (χ4n) is 4.07. The van der Waals surface area contributed by atoms with Gasteiger partial charge in [-0.2, -0.15) is 0 Å². The van der Waals surface area contributed by atoms with E-state index in [1.54, 1.807) is 29.3 Å². The summed E-state index contributed by atoms with van der Waals surface area (Å²) >= 11 is 6.08. The van der Waals surface area contributed by atoms with Crippen LogP contribution >= 0.6 is 11.6 Å². The molecule has 5 rings (SSSR count). The van der Waals surface area contributed by atoms with E-state index in [0.29, 0.717) is 10.7 Å². The zero-order valence-electron chi connectivity index (χ0n) is 15.3. The van der Waals surface area contributed by atoms with Crippen LogP contribution in [0.25, 0.3) is 0 Å². The van der Waals surface area contributed by atoms with E-state index in [0.717, 1.165) is 11.3 Å². The number of nitrogens with zero attached hydrogens (tertiary/aromatic N) is 2. The van der Waals surface area contributed by atoms with Crippen LogP contribution in [0.2, 0.25) is 5.02 Å². The van der Waals surface area contributed by atoms with Crippen molar-refractivity contribution in [2.24, 2.45) is 5.92 Å². The lowest BCUT2D eigenvalue weighted by Gasteiger charge is -2.28. The molecule has 3 unspecified atom stereocenters. The average molecular weight is 405 g/mol. The lowest BCUT2D eigenvalue weighted by Crippen LogP contribution is -2.37. The average Bonchev–Trinajstić information content (AvgIpc) is 3.26. The van der Waals surface area contributed by atoms with E-state index >= 15 is 0 Å². The highest BCUT2D eigenvalue weighted by atomic mass is 35.5. The van der Waals surface area contributed by atoms with Gasteiger partial charge in [0.25, 0.3) is 5.91 Å². The Morgan fingerprint density at radius 2 is 1.41 bits per heavy atom. The number of imide groups is 1. The molecule has 2 heterocycles. The van der Waals surface area contributed by atoms with Crippen molar-refractivity contribution in [1.82, 2.24) is 0 Å². The van der Waals surface area contributed by atoms with Crippen LogP contribution in [0, 0.1) is 5.92 Å². The summed E-state index contributed by atoms with van der Waals surface area (Å²) in [7, 11) is 0. The van der Waals surface area contributed by atoms with Crippen LogP contribution in [-0.4, -0.2) is 17.9 Å². The molecule has 3 aromatic carbocycles. The molecular formula is C23H17ClN2O3. The van der Waals surface area contributed by atoms with Crippen LogP contribution in [0.3, 0.4) is 0 Å². The summed E-state index contributed by atoms with van der Waals surface area (Å²) in [5.74, 6) is -1.31. The molecule has 0 spiro atoms. The molecule has 0 bridgehead atoms. The molecule has 2 aliphatic rings. The first-order valence-corrected chi connectivity index (χ1v) is 9.72. The van der Waals surface area contributed by atoms with Crippen molar-refractivity contribution in [3.05, 3.63) is 95.5 Å². The number of carbonyl (C=O) groups excluding carboxylic acids is 2. The number of benzene rings is 3. The molecule has 0 radical (unpaired) electrons. The van der Waals surface area contributed by atoms with Gasteiger partial charge in [0.15, 0.2) is 6.10 Å². The van der Waals surface area contributed by atoms with Crippen LogP contribution in [0.5, 0.6) is 0 Å². The van der Waals surface area contributed by atoms with Gasteiger partial charge in [0.05, 0.1) is 17.4 Å². The van der Waals surface area contributed by atoms with Crippen molar-refractivity contribution in [3.8, 4) is 0 Å². The first-order valence-electron chi connectivity index (χ1n) is 9.34. The van der Waals surface area contributed by atoms with Gasteiger partial charge in [0.1, 0.15) is 5.92 Å². The number of anilines is 2. The zero-order valence-corrected chi connectivity index (χ0v) is 16.1. The summed E-state index contributed by atoms with van der Waals surface area (Å²) in [5.41, 5.74) is 2.17. The predicted octanol–water partition coefficient (Wildman–Crippen LogP) is 4.39. The lowest BCUT2D eigenvalue weighted by molar-refractivity contribution is -0.126. The van der Waals surface area contributed by atoms with E-state index in [4.69, 9.17) is 16.4 Å². The molecule has 2 fully saturated rings. The second kappa shape index (κ2) is 7.03. The maximum Gasteiger partial charge on any atom is 0.266 e. The highest BCUT2D eigenvalue weighted by molar-refractivity contribution is 6.31. The Bertz CT molecular complexity index is 1070. The minimum atomic E-state index is -0.883. The highest BCUT2D eigenvalue weighted by Gasteiger charge is 2.60.